The van der Waals surface area contributed by atoms with E-state index in [9.17, 15) is 0 Å². The Hall–Kier alpha value is -5.06. The highest BCUT2D eigenvalue weighted by Crippen LogP contribution is 2.53. The summed E-state index contributed by atoms with van der Waals surface area (Å²) in [7, 11) is 0. The van der Waals surface area contributed by atoms with Crippen LogP contribution in [0.3, 0.4) is 0 Å². The van der Waals surface area contributed by atoms with Gasteiger partial charge in [-0.3, -0.25) is 0 Å². The molecule has 0 bridgehead atoms. The minimum atomic E-state index is 0.0581. The Kier molecular flexibility index (Phi) is 9.30. The van der Waals surface area contributed by atoms with E-state index in [1.54, 1.807) is 0 Å². The fourth-order valence-electron chi connectivity index (χ4n) is 10.8. The summed E-state index contributed by atoms with van der Waals surface area (Å²) >= 11 is 2.03. The third kappa shape index (κ3) is 6.80. The molecule has 2 nitrogen and oxygen atoms in total. The average Bonchev–Trinajstić information content (AvgIpc) is 3.59. The zero-order valence-corrected chi connectivity index (χ0v) is 41.1. The summed E-state index contributed by atoms with van der Waals surface area (Å²) < 4.78 is 2.83. The lowest BCUT2D eigenvalue weighted by molar-refractivity contribution is 0.332. The third-order valence-electron chi connectivity index (χ3n) is 14.8. The molecule has 0 saturated heterocycles. The number of nitrogens with zero attached hydrogens (tertiary/aromatic N) is 2. The molecule has 63 heavy (non-hydrogen) atoms. The molecule has 0 amide bonds. The predicted octanol–water partition coefficient (Wildman–Crippen LogP) is 15.2. The van der Waals surface area contributed by atoms with Crippen molar-refractivity contribution in [1.82, 2.24) is 0 Å². The van der Waals surface area contributed by atoms with Crippen molar-refractivity contribution in [2.45, 2.75) is 137 Å². The summed E-state index contributed by atoms with van der Waals surface area (Å²) in [6, 6.07) is 45.7. The second kappa shape index (κ2) is 14.0. The molecule has 320 valence electrons. The smallest absolute Gasteiger partial charge is 0.264 e. The lowest BCUT2D eigenvalue weighted by atomic mass is 9.36. The molecule has 6 aromatic carbocycles. The van der Waals surface area contributed by atoms with Gasteiger partial charge in [-0.2, -0.15) is 0 Å². The second-order valence-electron chi connectivity index (χ2n) is 23.5. The van der Waals surface area contributed by atoms with E-state index in [-0.39, 0.29) is 33.8 Å². The van der Waals surface area contributed by atoms with Crippen molar-refractivity contribution >= 4 is 78.0 Å². The standard InChI is InChI=1S/C59H65BN2S/c1-36-31-49-52-50(32-36)62(43-26-22-41(23-27-43)57(8,9)10)53-44-34-45-46(59(13,14)30-29-58(45,11)12)35-51(44)63-54(53)60(52)47-28-17-38(37-15-18-39(19-16-37)55(2,3)4)33-48(47)61(49)42-24-20-40(21-25-42)56(5,6)7/h15-28,31-35H,29-30H2,1-14H3. The largest absolute Gasteiger partial charge is 0.311 e. The van der Waals surface area contributed by atoms with E-state index in [2.05, 4.69) is 222 Å². The Morgan fingerprint density at radius 3 is 1.49 bits per heavy atom. The zero-order valence-electron chi connectivity index (χ0n) is 40.3. The Balaban J connectivity index is 1.28. The van der Waals surface area contributed by atoms with E-state index in [0.29, 0.717) is 0 Å². The maximum absolute atomic E-state index is 2.65. The van der Waals surface area contributed by atoms with Gasteiger partial charge >= 0.3 is 0 Å². The van der Waals surface area contributed by atoms with E-state index >= 15 is 0 Å². The first-order valence-corrected chi connectivity index (χ1v) is 24.2. The lowest BCUT2D eigenvalue weighted by Gasteiger charge is -2.44. The van der Waals surface area contributed by atoms with Crippen molar-refractivity contribution in [2.24, 2.45) is 0 Å². The summed E-state index contributed by atoms with van der Waals surface area (Å²) in [6.07, 6.45) is 2.39. The maximum Gasteiger partial charge on any atom is 0.264 e. The summed E-state index contributed by atoms with van der Waals surface area (Å²) in [5.74, 6) is 0. The van der Waals surface area contributed by atoms with Crippen LogP contribution in [0.2, 0.25) is 0 Å². The molecular weight excluding hydrogens is 780 g/mol. The molecule has 2 aliphatic heterocycles. The van der Waals surface area contributed by atoms with E-state index < -0.39 is 0 Å². The van der Waals surface area contributed by atoms with Crippen LogP contribution in [0.4, 0.5) is 34.1 Å². The number of rotatable bonds is 3. The van der Waals surface area contributed by atoms with Gasteiger partial charge in [0.2, 0.25) is 0 Å². The lowest BCUT2D eigenvalue weighted by Crippen LogP contribution is -2.60. The Morgan fingerprint density at radius 1 is 0.508 bits per heavy atom. The number of thiophene rings is 1. The van der Waals surface area contributed by atoms with Crippen LogP contribution in [-0.2, 0) is 27.1 Å². The van der Waals surface area contributed by atoms with Gasteiger partial charge in [-0.25, -0.2) is 0 Å². The molecule has 0 fully saturated rings. The van der Waals surface area contributed by atoms with Gasteiger partial charge in [0, 0.05) is 43.3 Å². The van der Waals surface area contributed by atoms with E-state index in [1.807, 2.05) is 11.3 Å². The highest BCUT2D eigenvalue weighted by Gasteiger charge is 2.46. The van der Waals surface area contributed by atoms with Crippen LogP contribution in [0.1, 0.15) is 136 Å². The van der Waals surface area contributed by atoms with Crippen LogP contribution in [0.15, 0.2) is 115 Å². The Labute approximate surface area is 382 Å². The molecule has 0 spiro atoms. The number of anilines is 6. The van der Waals surface area contributed by atoms with Crippen LogP contribution >= 0.6 is 11.3 Å². The molecule has 3 aliphatic rings. The van der Waals surface area contributed by atoms with E-state index in [4.69, 9.17) is 0 Å². The topological polar surface area (TPSA) is 6.48 Å². The molecule has 0 saturated carbocycles. The predicted molar refractivity (Wildman–Crippen MR) is 277 cm³/mol. The SMILES string of the molecule is Cc1cc2c3c(c1)N(c1ccc(C(C)(C)C)cc1)c1c(sc4cc5c(cc14)C(C)(C)CCC5(C)C)B3c1ccc(-c3ccc(C(C)(C)C)cc3)cc1N2c1ccc(C(C)(C)C)cc1. The number of benzene rings is 6. The van der Waals surface area contributed by atoms with E-state index in [1.165, 1.54) is 117 Å². The van der Waals surface area contributed by atoms with Crippen molar-refractivity contribution in [2.75, 3.05) is 9.80 Å². The highest BCUT2D eigenvalue weighted by molar-refractivity contribution is 7.33. The molecule has 0 unspecified atom stereocenters. The molecule has 1 aliphatic carbocycles. The molecule has 0 N–H and O–H groups in total. The first-order chi connectivity index (χ1) is 29.5. The molecule has 7 aromatic rings. The van der Waals surface area contributed by atoms with Crippen molar-refractivity contribution in [1.29, 1.82) is 0 Å². The first kappa shape index (κ1) is 41.9. The monoisotopic (exact) mass is 844 g/mol. The van der Waals surface area contributed by atoms with Crippen molar-refractivity contribution < 1.29 is 0 Å². The molecule has 4 heteroatoms. The van der Waals surface area contributed by atoms with Crippen LogP contribution in [0, 0.1) is 6.92 Å². The van der Waals surface area contributed by atoms with Crippen LogP contribution in [-0.4, -0.2) is 6.71 Å². The van der Waals surface area contributed by atoms with Gasteiger partial charge in [-0.1, -0.05) is 151 Å². The Bertz CT molecular complexity index is 2940. The highest BCUT2D eigenvalue weighted by atomic mass is 32.1. The van der Waals surface area contributed by atoms with Gasteiger partial charge in [-0.05, 0) is 157 Å². The molecule has 0 atom stereocenters. The fraction of sp³-hybridized carbons (Fsp3) is 0.356. The number of hydrogen-bond acceptors (Lipinski definition) is 3. The van der Waals surface area contributed by atoms with Crippen molar-refractivity contribution in [3.63, 3.8) is 0 Å². The molecular formula is C59H65BN2S. The number of hydrogen-bond donors (Lipinski definition) is 0. The summed E-state index contributed by atoms with van der Waals surface area (Å²) in [6.45, 7) is 33.0. The van der Waals surface area contributed by atoms with Gasteiger partial charge in [0.25, 0.3) is 6.71 Å². The summed E-state index contributed by atoms with van der Waals surface area (Å²) in [4.78, 5) is 5.23. The molecule has 1 aromatic heterocycles. The normalized spacial score (nSPS) is 16.4. The van der Waals surface area contributed by atoms with Gasteiger partial charge in [0.1, 0.15) is 0 Å². The van der Waals surface area contributed by atoms with E-state index in [0.717, 1.165) is 0 Å². The number of aryl methyl sites for hydroxylation is 1. The summed E-state index contributed by atoms with van der Waals surface area (Å²) in [5, 5.41) is 1.38. The van der Waals surface area contributed by atoms with Crippen LogP contribution < -0.4 is 25.5 Å². The molecule has 10 rings (SSSR count). The van der Waals surface area contributed by atoms with Crippen molar-refractivity contribution in [3.8, 4) is 11.1 Å². The van der Waals surface area contributed by atoms with Crippen LogP contribution in [0.25, 0.3) is 21.2 Å². The average molecular weight is 845 g/mol. The second-order valence-corrected chi connectivity index (χ2v) is 24.6. The van der Waals surface area contributed by atoms with Crippen LogP contribution in [0.5, 0.6) is 0 Å². The molecule has 0 radical (unpaired) electrons. The van der Waals surface area contributed by atoms with Gasteiger partial charge in [0.15, 0.2) is 0 Å². The Morgan fingerprint density at radius 2 is 0.968 bits per heavy atom. The zero-order chi connectivity index (χ0) is 44.8. The quantitative estimate of drug-likeness (QED) is 0.164. The van der Waals surface area contributed by atoms with Gasteiger partial charge in [-0.15, -0.1) is 11.3 Å². The van der Waals surface area contributed by atoms with Crippen molar-refractivity contribution in [3.05, 3.63) is 149 Å². The third-order valence-corrected chi connectivity index (χ3v) is 16.1. The van der Waals surface area contributed by atoms with Gasteiger partial charge in [0.05, 0.1) is 5.69 Å². The first-order valence-electron chi connectivity index (χ1n) is 23.3. The fourth-order valence-corrected chi connectivity index (χ4v) is 12.1. The van der Waals surface area contributed by atoms with Gasteiger partial charge < -0.3 is 9.80 Å². The summed E-state index contributed by atoms with van der Waals surface area (Å²) in [5.41, 5.74) is 21.6. The minimum Gasteiger partial charge on any atom is -0.311 e. The minimum absolute atomic E-state index is 0.0581. The number of fused-ring (bicyclic) bond motifs is 7. The maximum atomic E-state index is 2.65. The molecule has 3 heterocycles.